The summed E-state index contributed by atoms with van der Waals surface area (Å²) < 4.78 is 47.6. The molecule has 0 amide bonds. The number of aromatic nitrogens is 1. The van der Waals surface area contributed by atoms with Gasteiger partial charge in [0.15, 0.2) is 10.8 Å². The molecule has 1 aliphatic heterocycles. The molecule has 214 valence electrons. The molecule has 10 heteroatoms. The van der Waals surface area contributed by atoms with Gasteiger partial charge in [0.05, 0.1) is 5.56 Å². The Bertz CT molecular complexity index is 1530. The maximum atomic E-state index is 13.6. The van der Waals surface area contributed by atoms with Crippen molar-refractivity contribution in [3.63, 3.8) is 0 Å². The van der Waals surface area contributed by atoms with Crippen molar-refractivity contribution < 1.29 is 27.1 Å². The molecule has 2 aromatic carbocycles. The highest BCUT2D eigenvalue weighted by Gasteiger charge is 2.48. The third kappa shape index (κ3) is 6.98. The number of hydrogen-bond donors (Lipinski definition) is 1. The average Bonchev–Trinajstić information content (AvgIpc) is 2.95. The van der Waals surface area contributed by atoms with E-state index in [0.717, 1.165) is 12.0 Å². The fourth-order valence-corrected chi connectivity index (χ4v) is 6.43. The van der Waals surface area contributed by atoms with Crippen LogP contribution < -0.4 is 4.72 Å². The molecule has 0 saturated carbocycles. The van der Waals surface area contributed by atoms with E-state index in [-0.39, 0.29) is 34.3 Å². The molecule has 41 heavy (non-hydrogen) atoms. The number of carbonyl (C=O) groups is 2. The van der Waals surface area contributed by atoms with E-state index >= 15 is 0 Å². The van der Waals surface area contributed by atoms with Gasteiger partial charge in [-0.1, -0.05) is 44.5 Å². The van der Waals surface area contributed by atoms with Gasteiger partial charge in [-0.25, -0.2) is 9.37 Å². The van der Waals surface area contributed by atoms with Crippen LogP contribution in [0.3, 0.4) is 0 Å². The van der Waals surface area contributed by atoms with Crippen LogP contribution in [0.25, 0.3) is 0 Å². The number of hydrogen-bond acceptors (Lipinski definition) is 7. The van der Waals surface area contributed by atoms with Crippen LogP contribution in [-0.4, -0.2) is 30.8 Å². The van der Waals surface area contributed by atoms with E-state index in [1.165, 1.54) is 30.5 Å². The van der Waals surface area contributed by atoms with Crippen molar-refractivity contribution in [3.05, 3.63) is 89.4 Å². The third-order valence-electron chi connectivity index (χ3n) is 7.45. The summed E-state index contributed by atoms with van der Waals surface area (Å²) in [7, 11) is -4.04. The molecule has 3 aromatic rings. The number of ether oxygens (including phenoxy) is 1. The first-order valence-electron chi connectivity index (χ1n) is 13.6. The van der Waals surface area contributed by atoms with Crippen LogP contribution in [0.15, 0.2) is 71.9 Å². The van der Waals surface area contributed by atoms with E-state index in [1.807, 2.05) is 19.9 Å². The first-order chi connectivity index (χ1) is 19.6. The molecule has 0 bridgehead atoms. The second kappa shape index (κ2) is 12.6. The van der Waals surface area contributed by atoms with Crippen molar-refractivity contribution in [1.29, 1.82) is 5.26 Å². The van der Waals surface area contributed by atoms with E-state index in [0.29, 0.717) is 31.2 Å². The number of Topliss-reactive ketones (excluding diaryl/α,β-unsaturated/α-hetero) is 1. The lowest BCUT2D eigenvalue weighted by Crippen LogP contribution is -2.49. The number of nitrogens with one attached hydrogen (secondary N) is 1. The maximum absolute atomic E-state index is 13.6. The fraction of sp³-hybridized carbons (Fsp3) is 0.355. The Hall–Kier alpha value is -4.10. The zero-order chi connectivity index (χ0) is 29.6. The van der Waals surface area contributed by atoms with Gasteiger partial charge in [-0.15, -0.1) is 0 Å². The van der Waals surface area contributed by atoms with Crippen LogP contribution in [-0.2, 0) is 30.8 Å². The number of esters is 1. The van der Waals surface area contributed by atoms with E-state index in [4.69, 9.17) is 10.00 Å². The zero-order valence-electron chi connectivity index (χ0n) is 23.0. The molecule has 1 fully saturated rings. The molecule has 1 saturated heterocycles. The number of carbonyl (C=O) groups excluding carboxylic acids is 2. The third-order valence-corrected chi connectivity index (χ3v) is 8.75. The van der Waals surface area contributed by atoms with Gasteiger partial charge < -0.3 is 4.74 Å². The van der Waals surface area contributed by atoms with Crippen LogP contribution in [0.5, 0.6) is 0 Å². The Morgan fingerprint density at radius 3 is 2.49 bits per heavy atom. The number of nitriles is 1. The molecule has 8 nitrogen and oxygen atoms in total. The largest absolute Gasteiger partial charge is 0.458 e. The molecule has 0 spiro atoms. The van der Waals surface area contributed by atoms with E-state index < -0.39 is 33.4 Å². The molecule has 2 heterocycles. The standard InChI is InChI=1S/C31H32FN3O5S/c1-3-15-31(16-14-21-8-11-24(32)12-9-21)18-27(36)29(30(37)40-31)26(4-2)23-6-5-7-25(17-23)35-41(38,39)28-13-10-22(19-33)20-34-28/h5-13,17,20,26,29,35H,3-4,14-16,18H2,1-2H3. The summed E-state index contributed by atoms with van der Waals surface area (Å²) in [6, 6.07) is 17.3. The van der Waals surface area contributed by atoms with Gasteiger partial charge in [0.2, 0.25) is 0 Å². The van der Waals surface area contributed by atoms with Crippen molar-refractivity contribution in [2.45, 2.75) is 68.9 Å². The Labute approximate surface area is 239 Å². The summed E-state index contributed by atoms with van der Waals surface area (Å²) in [5, 5.41) is 8.69. The topological polar surface area (TPSA) is 126 Å². The van der Waals surface area contributed by atoms with Gasteiger partial charge in [0, 0.05) is 24.2 Å². The minimum absolute atomic E-state index is 0.0889. The molecule has 1 aromatic heterocycles. The Kier molecular flexibility index (Phi) is 9.18. The van der Waals surface area contributed by atoms with E-state index in [9.17, 15) is 22.4 Å². The Morgan fingerprint density at radius 2 is 1.88 bits per heavy atom. The van der Waals surface area contributed by atoms with Gasteiger partial charge in [-0.3, -0.25) is 14.3 Å². The summed E-state index contributed by atoms with van der Waals surface area (Å²) in [6.45, 7) is 3.84. The van der Waals surface area contributed by atoms with Gasteiger partial charge in [-0.2, -0.15) is 13.7 Å². The highest BCUT2D eigenvalue weighted by molar-refractivity contribution is 7.92. The summed E-state index contributed by atoms with van der Waals surface area (Å²) >= 11 is 0. The number of ketones is 1. The van der Waals surface area contributed by atoms with Crippen molar-refractivity contribution >= 4 is 27.5 Å². The number of benzene rings is 2. The quantitative estimate of drug-likeness (QED) is 0.229. The van der Waals surface area contributed by atoms with Crippen LogP contribution in [0, 0.1) is 23.1 Å². The minimum Gasteiger partial charge on any atom is -0.458 e. The molecule has 1 aliphatic rings. The lowest BCUT2D eigenvalue weighted by Gasteiger charge is -2.40. The highest BCUT2D eigenvalue weighted by atomic mass is 32.2. The summed E-state index contributed by atoms with van der Waals surface area (Å²) in [6.07, 6.45) is 3.97. The van der Waals surface area contributed by atoms with Crippen molar-refractivity contribution in [3.8, 4) is 6.07 Å². The molecule has 3 unspecified atom stereocenters. The summed E-state index contributed by atoms with van der Waals surface area (Å²) in [5.41, 5.74) is 1.10. The second-order valence-corrected chi connectivity index (χ2v) is 12.0. The average molecular weight is 578 g/mol. The number of anilines is 1. The second-order valence-electron chi connectivity index (χ2n) is 10.3. The molecular weight excluding hydrogens is 545 g/mol. The van der Waals surface area contributed by atoms with Crippen molar-refractivity contribution in [2.75, 3.05) is 4.72 Å². The number of halogens is 1. The monoisotopic (exact) mass is 577 g/mol. The lowest BCUT2D eigenvalue weighted by molar-refractivity contribution is -0.180. The molecule has 0 radical (unpaired) electrons. The molecule has 1 N–H and O–H groups in total. The van der Waals surface area contributed by atoms with Crippen LogP contribution in [0.1, 0.15) is 68.6 Å². The fourth-order valence-electron chi connectivity index (χ4n) is 5.45. The predicted octanol–water partition coefficient (Wildman–Crippen LogP) is 5.69. The summed E-state index contributed by atoms with van der Waals surface area (Å²) in [5.74, 6) is -2.62. The van der Waals surface area contributed by atoms with Gasteiger partial charge in [-0.05, 0) is 73.2 Å². The minimum atomic E-state index is -4.04. The highest BCUT2D eigenvalue weighted by Crippen LogP contribution is 2.41. The number of aryl methyl sites for hydroxylation is 1. The zero-order valence-corrected chi connectivity index (χ0v) is 23.8. The molecule has 3 atom stereocenters. The summed E-state index contributed by atoms with van der Waals surface area (Å²) in [4.78, 5) is 30.9. The van der Waals surface area contributed by atoms with Crippen LogP contribution in [0.2, 0.25) is 0 Å². The first kappa shape index (κ1) is 29.9. The van der Waals surface area contributed by atoms with Crippen LogP contribution >= 0.6 is 0 Å². The lowest BCUT2D eigenvalue weighted by atomic mass is 9.74. The maximum Gasteiger partial charge on any atom is 0.317 e. The Balaban J connectivity index is 1.52. The number of sulfonamides is 1. The molecule has 0 aliphatic carbocycles. The molecular formula is C31H32FN3O5S. The predicted molar refractivity (Wildman–Crippen MR) is 151 cm³/mol. The SMILES string of the molecule is CCCC1(CCc2ccc(F)cc2)CC(=O)C(C(CC)c2cccc(NS(=O)(=O)c3ccc(C#N)cn3)c2)C(=O)O1. The van der Waals surface area contributed by atoms with E-state index in [2.05, 4.69) is 9.71 Å². The first-order valence-corrected chi connectivity index (χ1v) is 15.1. The van der Waals surface area contributed by atoms with Gasteiger partial charge in [0.25, 0.3) is 10.0 Å². The number of rotatable bonds is 11. The van der Waals surface area contributed by atoms with Crippen molar-refractivity contribution in [1.82, 2.24) is 4.98 Å². The Morgan fingerprint density at radius 1 is 1.12 bits per heavy atom. The van der Waals surface area contributed by atoms with E-state index in [1.54, 1.807) is 36.4 Å². The van der Waals surface area contributed by atoms with Crippen molar-refractivity contribution in [2.24, 2.45) is 5.92 Å². The number of cyclic esters (lactones) is 1. The van der Waals surface area contributed by atoms with Gasteiger partial charge >= 0.3 is 5.97 Å². The van der Waals surface area contributed by atoms with Crippen LogP contribution in [0.4, 0.5) is 10.1 Å². The normalized spacial score (nSPS) is 19.7. The smallest absolute Gasteiger partial charge is 0.317 e. The van der Waals surface area contributed by atoms with Gasteiger partial charge in [0.1, 0.15) is 23.4 Å². The molecule has 4 rings (SSSR count). The number of pyridine rings is 1. The number of nitrogens with zero attached hydrogens (tertiary/aromatic N) is 2.